The summed E-state index contributed by atoms with van der Waals surface area (Å²) in [6.45, 7) is 2.55. The quantitative estimate of drug-likeness (QED) is 0.656. The molecule has 3 aromatic carbocycles. The van der Waals surface area contributed by atoms with Crippen LogP contribution in [0.5, 0.6) is 0 Å². The third-order valence-electron chi connectivity index (χ3n) is 5.50. The van der Waals surface area contributed by atoms with Gasteiger partial charge in [0.05, 0.1) is 11.4 Å². The Labute approximate surface area is 176 Å². The lowest BCUT2D eigenvalue weighted by molar-refractivity contribution is -0.118. The van der Waals surface area contributed by atoms with Crippen LogP contribution < -0.4 is 15.1 Å². The van der Waals surface area contributed by atoms with Crippen LogP contribution in [0.3, 0.4) is 0 Å². The summed E-state index contributed by atoms with van der Waals surface area (Å²) in [7, 11) is 1.98. The lowest BCUT2D eigenvalue weighted by atomic mass is 10.1. The highest BCUT2D eigenvalue weighted by molar-refractivity contribution is 6.07. The predicted octanol–water partition coefficient (Wildman–Crippen LogP) is 5.01. The van der Waals surface area contributed by atoms with Gasteiger partial charge in [0.1, 0.15) is 0 Å². The van der Waals surface area contributed by atoms with Gasteiger partial charge in [-0.15, -0.1) is 0 Å². The second-order valence-electron chi connectivity index (χ2n) is 7.36. The Kier molecular flexibility index (Phi) is 5.53. The number of rotatable bonds is 5. The molecule has 0 aliphatic carbocycles. The van der Waals surface area contributed by atoms with Gasteiger partial charge in [-0.25, -0.2) is 0 Å². The van der Waals surface area contributed by atoms with Gasteiger partial charge in [-0.05, 0) is 54.4 Å². The highest BCUT2D eigenvalue weighted by Crippen LogP contribution is 2.32. The van der Waals surface area contributed by atoms with E-state index >= 15 is 0 Å². The van der Waals surface area contributed by atoms with Crippen LogP contribution in [-0.2, 0) is 11.2 Å². The van der Waals surface area contributed by atoms with Crippen LogP contribution in [0.4, 0.5) is 22.7 Å². The fourth-order valence-corrected chi connectivity index (χ4v) is 3.85. The molecule has 0 saturated heterocycles. The zero-order chi connectivity index (χ0) is 21.1. The number of hydrogen-bond donors (Lipinski definition) is 1. The number of hydrogen-bond acceptors (Lipinski definition) is 3. The first-order valence-corrected chi connectivity index (χ1v) is 10.2. The monoisotopic (exact) mass is 399 g/mol. The highest BCUT2D eigenvalue weighted by atomic mass is 16.2. The molecule has 5 nitrogen and oxygen atoms in total. The number of carbonyl (C=O) groups excluding carboxylic acids is 2. The number of nitrogens with zero attached hydrogens (tertiary/aromatic N) is 2. The molecule has 0 atom stereocenters. The summed E-state index contributed by atoms with van der Waals surface area (Å²) < 4.78 is 0. The lowest BCUT2D eigenvalue weighted by Crippen LogP contribution is -2.27. The van der Waals surface area contributed by atoms with Crippen LogP contribution in [0, 0.1) is 0 Å². The number of fused-ring (bicyclic) bond motifs is 1. The van der Waals surface area contributed by atoms with Crippen LogP contribution >= 0.6 is 0 Å². The summed E-state index contributed by atoms with van der Waals surface area (Å²) >= 11 is 0. The Morgan fingerprint density at radius 2 is 1.73 bits per heavy atom. The van der Waals surface area contributed by atoms with Crippen molar-refractivity contribution in [3.63, 3.8) is 0 Å². The number of anilines is 4. The molecule has 1 aliphatic rings. The summed E-state index contributed by atoms with van der Waals surface area (Å²) in [5.74, 6) is -0.0455. The first kappa shape index (κ1) is 19.7. The number of nitrogens with one attached hydrogen (secondary N) is 1. The fourth-order valence-electron chi connectivity index (χ4n) is 3.85. The smallest absolute Gasteiger partial charge is 0.255 e. The van der Waals surface area contributed by atoms with E-state index < -0.39 is 0 Å². The molecule has 5 heteroatoms. The van der Waals surface area contributed by atoms with Crippen LogP contribution in [0.25, 0.3) is 0 Å². The van der Waals surface area contributed by atoms with Crippen molar-refractivity contribution in [3.05, 3.63) is 83.9 Å². The molecule has 0 unspecified atom stereocenters. The van der Waals surface area contributed by atoms with E-state index in [9.17, 15) is 9.59 Å². The summed E-state index contributed by atoms with van der Waals surface area (Å²) in [6.07, 6.45) is 1.25. The topological polar surface area (TPSA) is 52.7 Å². The molecule has 0 bridgehead atoms. The molecule has 2 amide bonds. The summed E-state index contributed by atoms with van der Waals surface area (Å²) in [5.41, 5.74) is 5.26. The van der Waals surface area contributed by atoms with E-state index in [0.717, 1.165) is 34.7 Å². The molecule has 0 fully saturated rings. The van der Waals surface area contributed by atoms with E-state index in [0.29, 0.717) is 18.5 Å². The van der Waals surface area contributed by atoms with E-state index in [1.807, 2.05) is 85.6 Å². The number of benzene rings is 3. The van der Waals surface area contributed by atoms with Crippen LogP contribution in [-0.4, -0.2) is 25.4 Å². The predicted molar refractivity (Wildman–Crippen MR) is 122 cm³/mol. The molecular weight excluding hydrogens is 374 g/mol. The maximum atomic E-state index is 13.0. The Morgan fingerprint density at radius 3 is 2.50 bits per heavy atom. The van der Waals surface area contributed by atoms with E-state index in [4.69, 9.17) is 0 Å². The molecule has 3 aromatic rings. The Morgan fingerprint density at radius 1 is 1.00 bits per heavy atom. The highest BCUT2D eigenvalue weighted by Gasteiger charge is 2.24. The SMILES string of the molecule is CCC(=O)N1CCc2cc(C(=O)Nc3ccccc3N(C)c3ccccc3)ccc21. The van der Waals surface area contributed by atoms with E-state index in [-0.39, 0.29) is 11.8 Å². The van der Waals surface area contributed by atoms with Crippen molar-refractivity contribution >= 4 is 34.6 Å². The van der Waals surface area contributed by atoms with Crippen LogP contribution in [0.1, 0.15) is 29.3 Å². The Balaban J connectivity index is 1.56. The summed E-state index contributed by atoms with van der Waals surface area (Å²) in [5, 5.41) is 3.05. The third-order valence-corrected chi connectivity index (χ3v) is 5.50. The molecule has 0 radical (unpaired) electrons. The second-order valence-corrected chi connectivity index (χ2v) is 7.36. The number of amides is 2. The zero-order valence-corrected chi connectivity index (χ0v) is 17.3. The average molecular weight is 399 g/mol. The van der Waals surface area contributed by atoms with Gasteiger partial charge < -0.3 is 15.1 Å². The minimum atomic E-state index is -0.160. The molecule has 0 saturated carbocycles. The van der Waals surface area contributed by atoms with E-state index in [1.165, 1.54) is 0 Å². The van der Waals surface area contributed by atoms with Gasteiger partial charge >= 0.3 is 0 Å². The standard InChI is InChI=1S/C25H25N3O2/c1-3-24(29)28-16-15-18-17-19(13-14-22(18)28)25(30)26-21-11-7-8-12-23(21)27(2)20-9-5-4-6-10-20/h4-14,17H,3,15-16H2,1-2H3,(H,26,30). The molecular formula is C25H25N3O2. The Bertz CT molecular complexity index is 1080. The number of carbonyl (C=O) groups is 2. The Hall–Kier alpha value is -3.60. The van der Waals surface area contributed by atoms with Gasteiger partial charge in [0.25, 0.3) is 5.91 Å². The van der Waals surface area contributed by atoms with Crippen molar-refractivity contribution in [1.29, 1.82) is 0 Å². The molecule has 0 aromatic heterocycles. The normalized spacial score (nSPS) is 12.4. The van der Waals surface area contributed by atoms with Crippen molar-refractivity contribution in [3.8, 4) is 0 Å². The number of para-hydroxylation sites is 3. The minimum Gasteiger partial charge on any atom is -0.343 e. The largest absolute Gasteiger partial charge is 0.343 e. The maximum Gasteiger partial charge on any atom is 0.255 e. The van der Waals surface area contributed by atoms with Crippen molar-refractivity contribution in [2.24, 2.45) is 0 Å². The molecule has 1 aliphatic heterocycles. The summed E-state index contributed by atoms with van der Waals surface area (Å²) in [4.78, 5) is 28.9. The van der Waals surface area contributed by atoms with Crippen LogP contribution in [0.15, 0.2) is 72.8 Å². The third kappa shape index (κ3) is 3.79. The second kappa shape index (κ2) is 8.41. The van der Waals surface area contributed by atoms with Crippen molar-refractivity contribution in [2.75, 3.05) is 28.7 Å². The maximum absolute atomic E-state index is 13.0. The molecule has 30 heavy (non-hydrogen) atoms. The van der Waals surface area contributed by atoms with Gasteiger partial charge in [-0.2, -0.15) is 0 Å². The molecule has 0 spiro atoms. The van der Waals surface area contributed by atoms with E-state index in [1.54, 1.807) is 11.0 Å². The average Bonchev–Trinajstić information content (AvgIpc) is 3.22. The van der Waals surface area contributed by atoms with Gasteiger partial charge in [0, 0.05) is 37.0 Å². The molecule has 1 N–H and O–H groups in total. The fraction of sp³-hybridized carbons (Fsp3) is 0.200. The van der Waals surface area contributed by atoms with E-state index in [2.05, 4.69) is 5.32 Å². The first-order valence-electron chi connectivity index (χ1n) is 10.2. The van der Waals surface area contributed by atoms with Crippen LogP contribution in [0.2, 0.25) is 0 Å². The lowest BCUT2D eigenvalue weighted by Gasteiger charge is -2.23. The van der Waals surface area contributed by atoms with Gasteiger partial charge in [-0.1, -0.05) is 37.3 Å². The van der Waals surface area contributed by atoms with Gasteiger partial charge in [0.2, 0.25) is 5.91 Å². The van der Waals surface area contributed by atoms with Gasteiger partial charge in [-0.3, -0.25) is 9.59 Å². The van der Waals surface area contributed by atoms with Crippen molar-refractivity contribution < 1.29 is 9.59 Å². The molecule has 4 rings (SSSR count). The minimum absolute atomic E-state index is 0.115. The first-order chi connectivity index (χ1) is 14.6. The molecule has 1 heterocycles. The zero-order valence-electron chi connectivity index (χ0n) is 17.3. The van der Waals surface area contributed by atoms with Crippen molar-refractivity contribution in [2.45, 2.75) is 19.8 Å². The summed E-state index contributed by atoms with van der Waals surface area (Å²) in [6, 6.07) is 23.4. The van der Waals surface area contributed by atoms with Crippen molar-refractivity contribution in [1.82, 2.24) is 0 Å². The van der Waals surface area contributed by atoms with Gasteiger partial charge in [0.15, 0.2) is 0 Å². The molecule has 152 valence electrons.